The second-order valence-corrected chi connectivity index (χ2v) is 7.91. The molecule has 2 aromatic rings. The summed E-state index contributed by atoms with van der Waals surface area (Å²) < 4.78 is 0. The van der Waals surface area contributed by atoms with Crippen molar-refractivity contribution < 1.29 is 19.3 Å². The summed E-state index contributed by atoms with van der Waals surface area (Å²) in [7, 11) is 0. The molecule has 0 bridgehead atoms. The van der Waals surface area contributed by atoms with Crippen LogP contribution in [0.2, 0.25) is 0 Å². The molecular weight excluding hydrogens is 374 g/mol. The molecule has 0 radical (unpaired) electrons. The summed E-state index contributed by atoms with van der Waals surface area (Å²) in [5.74, 6) is -1.52. The number of nitro benzene ring substituents is 1. The Morgan fingerprint density at radius 2 is 1.55 bits per heavy atom. The molecule has 1 N–H and O–H groups in total. The molecule has 0 saturated carbocycles. The Labute approximate surface area is 167 Å². The van der Waals surface area contributed by atoms with Gasteiger partial charge in [0.25, 0.3) is 17.5 Å². The number of nitrogens with one attached hydrogen (secondary N) is 1. The number of imide groups is 1. The number of hydrogen-bond acceptors (Lipinski definition) is 5. The van der Waals surface area contributed by atoms with Crippen molar-refractivity contribution in [3.63, 3.8) is 0 Å². The second kappa shape index (κ2) is 7.46. The van der Waals surface area contributed by atoms with Crippen molar-refractivity contribution in [3.8, 4) is 0 Å². The topological polar surface area (TPSA) is 110 Å². The van der Waals surface area contributed by atoms with Gasteiger partial charge in [-0.1, -0.05) is 24.3 Å². The molecule has 150 valence electrons. The van der Waals surface area contributed by atoms with Crippen LogP contribution < -0.4 is 5.32 Å². The highest BCUT2D eigenvalue weighted by Gasteiger charge is 2.43. The zero-order valence-corrected chi connectivity index (χ0v) is 16.3. The lowest BCUT2D eigenvalue weighted by molar-refractivity contribution is -0.384. The van der Waals surface area contributed by atoms with Gasteiger partial charge in [-0.05, 0) is 38.5 Å². The number of carbonyl (C=O) groups is 3. The molecule has 1 aliphatic heterocycles. The van der Waals surface area contributed by atoms with Crippen LogP contribution in [0.1, 0.15) is 47.1 Å². The normalized spacial score (nSPS) is 14.5. The van der Waals surface area contributed by atoms with E-state index in [-0.39, 0.29) is 23.2 Å². The maximum absolute atomic E-state index is 13.0. The first kappa shape index (κ1) is 20.2. The molecule has 1 atom stereocenters. The molecule has 0 spiro atoms. The Morgan fingerprint density at radius 3 is 2.00 bits per heavy atom. The summed E-state index contributed by atoms with van der Waals surface area (Å²) in [6.07, 6.45) is 0.0470. The average molecular weight is 395 g/mol. The van der Waals surface area contributed by atoms with Gasteiger partial charge in [0.05, 0.1) is 16.1 Å². The average Bonchev–Trinajstić information content (AvgIpc) is 2.90. The number of nitro groups is 1. The van der Waals surface area contributed by atoms with Gasteiger partial charge < -0.3 is 5.32 Å². The minimum atomic E-state index is -1.08. The lowest BCUT2D eigenvalue weighted by Gasteiger charge is -2.29. The van der Waals surface area contributed by atoms with Crippen molar-refractivity contribution in [3.05, 3.63) is 75.3 Å². The Hall–Kier alpha value is -3.55. The number of amides is 3. The van der Waals surface area contributed by atoms with Gasteiger partial charge in [-0.3, -0.25) is 29.4 Å². The van der Waals surface area contributed by atoms with Crippen LogP contribution in [0.15, 0.2) is 48.5 Å². The lowest BCUT2D eigenvalue weighted by Crippen LogP contribution is -2.54. The number of nitrogens with zero attached hydrogens (tertiary/aromatic N) is 2. The molecule has 0 aliphatic carbocycles. The van der Waals surface area contributed by atoms with Crippen molar-refractivity contribution in [2.75, 3.05) is 0 Å². The molecule has 8 heteroatoms. The molecule has 1 unspecified atom stereocenters. The van der Waals surface area contributed by atoms with Crippen molar-refractivity contribution in [1.82, 2.24) is 10.2 Å². The third-order valence-corrected chi connectivity index (χ3v) is 4.51. The fraction of sp³-hybridized carbons (Fsp3) is 0.286. The first-order valence-electron chi connectivity index (χ1n) is 9.11. The highest BCUT2D eigenvalue weighted by atomic mass is 16.6. The van der Waals surface area contributed by atoms with Crippen LogP contribution in [-0.4, -0.2) is 39.1 Å². The summed E-state index contributed by atoms with van der Waals surface area (Å²) in [6.45, 7) is 5.41. The zero-order valence-electron chi connectivity index (χ0n) is 16.3. The summed E-state index contributed by atoms with van der Waals surface area (Å²) in [6, 6.07) is 11.1. The van der Waals surface area contributed by atoms with E-state index in [1.807, 2.05) is 0 Å². The molecule has 3 rings (SSSR count). The van der Waals surface area contributed by atoms with Gasteiger partial charge in [0.2, 0.25) is 5.91 Å². The standard InChI is InChI=1S/C21H21N3O5/c1-21(2,3)22-18(25)17(12-13-8-10-14(11-9-13)24(28)29)23-19(26)15-6-4-5-7-16(15)20(23)27/h4-11,17H,12H2,1-3H3,(H,22,25). The van der Waals surface area contributed by atoms with E-state index in [0.29, 0.717) is 5.56 Å². The van der Waals surface area contributed by atoms with Crippen molar-refractivity contribution in [2.24, 2.45) is 0 Å². The van der Waals surface area contributed by atoms with E-state index in [1.54, 1.807) is 45.0 Å². The van der Waals surface area contributed by atoms with Crippen LogP contribution in [0, 0.1) is 10.1 Å². The summed E-state index contributed by atoms with van der Waals surface area (Å²) in [5, 5.41) is 13.7. The van der Waals surface area contributed by atoms with Crippen LogP contribution in [0.5, 0.6) is 0 Å². The van der Waals surface area contributed by atoms with E-state index in [2.05, 4.69) is 5.32 Å². The summed E-state index contributed by atoms with van der Waals surface area (Å²) in [5.41, 5.74) is 0.472. The van der Waals surface area contributed by atoms with E-state index in [4.69, 9.17) is 0 Å². The maximum Gasteiger partial charge on any atom is 0.269 e. The molecule has 2 aromatic carbocycles. The molecule has 8 nitrogen and oxygen atoms in total. The van der Waals surface area contributed by atoms with E-state index in [1.165, 1.54) is 24.3 Å². The summed E-state index contributed by atoms with van der Waals surface area (Å²) in [4.78, 5) is 50.1. The third-order valence-electron chi connectivity index (χ3n) is 4.51. The Bertz CT molecular complexity index is 957. The Balaban J connectivity index is 1.96. The number of rotatable bonds is 5. The van der Waals surface area contributed by atoms with E-state index >= 15 is 0 Å². The fourth-order valence-corrected chi connectivity index (χ4v) is 3.22. The smallest absolute Gasteiger partial charge is 0.269 e. The second-order valence-electron chi connectivity index (χ2n) is 7.91. The van der Waals surface area contributed by atoms with Crippen LogP contribution in [-0.2, 0) is 11.2 Å². The number of non-ortho nitro benzene ring substituents is 1. The van der Waals surface area contributed by atoms with Crippen molar-refractivity contribution in [2.45, 2.75) is 38.8 Å². The minimum Gasteiger partial charge on any atom is -0.350 e. The van der Waals surface area contributed by atoms with Gasteiger partial charge in [-0.25, -0.2) is 0 Å². The Morgan fingerprint density at radius 1 is 1.03 bits per heavy atom. The Kier molecular flexibility index (Phi) is 5.19. The maximum atomic E-state index is 13.0. The number of carbonyl (C=O) groups excluding carboxylic acids is 3. The monoisotopic (exact) mass is 395 g/mol. The van der Waals surface area contributed by atoms with Crippen LogP contribution in [0.3, 0.4) is 0 Å². The molecule has 0 fully saturated rings. The highest BCUT2D eigenvalue weighted by Crippen LogP contribution is 2.26. The quantitative estimate of drug-likeness (QED) is 0.476. The minimum absolute atomic E-state index is 0.0470. The van der Waals surface area contributed by atoms with Crippen molar-refractivity contribution >= 4 is 23.4 Å². The predicted molar refractivity (Wildman–Crippen MR) is 105 cm³/mol. The van der Waals surface area contributed by atoms with Gasteiger partial charge >= 0.3 is 0 Å². The number of benzene rings is 2. The molecule has 3 amide bonds. The van der Waals surface area contributed by atoms with Gasteiger partial charge in [-0.15, -0.1) is 0 Å². The predicted octanol–water partition coefficient (Wildman–Crippen LogP) is 2.72. The molecule has 0 aromatic heterocycles. The van der Waals surface area contributed by atoms with Gasteiger partial charge in [0.1, 0.15) is 6.04 Å². The molecular formula is C21H21N3O5. The molecule has 1 aliphatic rings. The van der Waals surface area contributed by atoms with Crippen LogP contribution in [0.25, 0.3) is 0 Å². The van der Waals surface area contributed by atoms with E-state index in [0.717, 1.165) is 4.90 Å². The van der Waals surface area contributed by atoms with Crippen LogP contribution in [0.4, 0.5) is 5.69 Å². The first-order chi connectivity index (χ1) is 13.6. The van der Waals surface area contributed by atoms with Gasteiger partial charge in [0.15, 0.2) is 0 Å². The van der Waals surface area contributed by atoms with E-state index in [9.17, 15) is 24.5 Å². The highest BCUT2D eigenvalue weighted by molar-refractivity contribution is 6.22. The lowest BCUT2D eigenvalue weighted by atomic mass is 10.0. The number of hydrogen-bond donors (Lipinski definition) is 1. The first-order valence-corrected chi connectivity index (χ1v) is 9.11. The fourth-order valence-electron chi connectivity index (χ4n) is 3.22. The SMILES string of the molecule is CC(C)(C)NC(=O)C(Cc1ccc([N+](=O)[O-])cc1)N1C(=O)c2ccccc2C1=O. The number of fused-ring (bicyclic) bond motifs is 1. The molecule has 0 saturated heterocycles. The van der Waals surface area contributed by atoms with Gasteiger partial charge in [0, 0.05) is 24.1 Å². The molecule has 1 heterocycles. The third kappa shape index (κ3) is 4.16. The largest absolute Gasteiger partial charge is 0.350 e. The van der Waals surface area contributed by atoms with Crippen molar-refractivity contribution in [1.29, 1.82) is 0 Å². The van der Waals surface area contributed by atoms with Crippen LogP contribution >= 0.6 is 0 Å². The molecule has 29 heavy (non-hydrogen) atoms. The zero-order chi connectivity index (χ0) is 21.3. The van der Waals surface area contributed by atoms with Gasteiger partial charge in [-0.2, -0.15) is 0 Å². The van der Waals surface area contributed by atoms with E-state index < -0.39 is 34.2 Å². The summed E-state index contributed by atoms with van der Waals surface area (Å²) >= 11 is 0.